The van der Waals surface area contributed by atoms with Crippen molar-refractivity contribution in [2.45, 2.75) is 6.92 Å². The van der Waals surface area contributed by atoms with E-state index in [1.165, 1.54) is 6.07 Å². The fraction of sp³-hybridized carbons (Fsp3) is 0.0667. The summed E-state index contributed by atoms with van der Waals surface area (Å²) in [6.07, 6.45) is 0. The number of fused-ring (bicyclic) bond motifs is 1. The molecule has 0 radical (unpaired) electrons. The third-order valence-electron chi connectivity index (χ3n) is 3.10. The molecular weight excluding hydrogens is 409 g/mol. The second-order valence-corrected chi connectivity index (χ2v) is 6.18. The second-order valence-electron chi connectivity index (χ2n) is 4.58. The molecule has 0 atom stereocenters. The molecule has 0 saturated carbocycles. The summed E-state index contributed by atoms with van der Waals surface area (Å²) in [5.41, 5.74) is 1.08. The Bertz CT molecular complexity index is 868. The van der Waals surface area contributed by atoms with Crippen LogP contribution in [0.15, 0.2) is 30.3 Å². The molecule has 6 heteroatoms. The van der Waals surface area contributed by atoms with Gasteiger partial charge in [0.2, 0.25) is 0 Å². The Kier molecular flexibility index (Phi) is 3.79. The fourth-order valence-corrected chi connectivity index (χ4v) is 2.73. The van der Waals surface area contributed by atoms with E-state index < -0.39 is 11.6 Å². The van der Waals surface area contributed by atoms with E-state index in [-0.39, 0.29) is 16.5 Å². The summed E-state index contributed by atoms with van der Waals surface area (Å²) in [6.45, 7) is 1.56. The lowest BCUT2D eigenvalue weighted by atomic mass is 10.1. The van der Waals surface area contributed by atoms with Gasteiger partial charge in [0, 0.05) is 15.0 Å². The van der Waals surface area contributed by atoms with Crippen molar-refractivity contribution < 1.29 is 8.78 Å². The third-order valence-corrected chi connectivity index (χ3v) is 4.06. The van der Waals surface area contributed by atoms with E-state index in [4.69, 9.17) is 11.6 Å². The van der Waals surface area contributed by atoms with Gasteiger partial charge in [-0.1, -0.05) is 11.6 Å². The summed E-state index contributed by atoms with van der Waals surface area (Å²) in [7, 11) is 0. The largest absolute Gasteiger partial charge is 0.228 e. The highest BCUT2D eigenvalue weighted by Gasteiger charge is 2.14. The Hall–Kier alpha value is -1.34. The van der Waals surface area contributed by atoms with Gasteiger partial charge in [-0.2, -0.15) is 0 Å². The van der Waals surface area contributed by atoms with Crippen molar-refractivity contribution >= 4 is 45.1 Å². The van der Waals surface area contributed by atoms with E-state index in [9.17, 15) is 8.78 Å². The van der Waals surface area contributed by atoms with E-state index >= 15 is 0 Å². The number of halogens is 4. The summed E-state index contributed by atoms with van der Waals surface area (Å²) in [6, 6.07) is 7.74. The summed E-state index contributed by atoms with van der Waals surface area (Å²) in [4.78, 5) is 8.45. The normalized spacial score (nSPS) is 11.1. The first-order chi connectivity index (χ1) is 9.95. The van der Waals surface area contributed by atoms with E-state index in [0.29, 0.717) is 16.5 Å². The van der Waals surface area contributed by atoms with Crippen molar-refractivity contribution in [1.82, 2.24) is 9.97 Å². The van der Waals surface area contributed by atoms with Gasteiger partial charge in [-0.15, -0.1) is 0 Å². The molecule has 2 nitrogen and oxygen atoms in total. The molecule has 3 rings (SSSR count). The first-order valence-electron chi connectivity index (χ1n) is 6.04. The molecule has 106 valence electrons. The Balaban J connectivity index is 2.26. The number of rotatable bonds is 1. The van der Waals surface area contributed by atoms with Crippen molar-refractivity contribution in [3.63, 3.8) is 0 Å². The summed E-state index contributed by atoms with van der Waals surface area (Å²) >= 11 is 8.32. The van der Waals surface area contributed by atoms with Crippen molar-refractivity contribution in [3.05, 3.63) is 56.3 Å². The van der Waals surface area contributed by atoms with Gasteiger partial charge in [-0.3, -0.25) is 0 Å². The van der Waals surface area contributed by atoms with Gasteiger partial charge < -0.3 is 0 Å². The number of aromatic nitrogens is 2. The predicted molar refractivity (Wildman–Crippen MR) is 87.4 cm³/mol. The van der Waals surface area contributed by atoms with Crippen LogP contribution < -0.4 is 0 Å². The van der Waals surface area contributed by atoms with Crippen LogP contribution in [0, 0.1) is 22.1 Å². The van der Waals surface area contributed by atoms with Crippen molar-refractivity contribution in [1.29, 1.82) is 0 Å². The maximum absolute atomic E-state index is 13.9. The third kappa shape index (κ3) is 2.72. The molecule has 0 aliphatic rings. The van der Waals surface area contributed by atoms with Crippen LogP contribution in [-0.2, 0) is 0 Å². The van der Waals surface area contributed by atoms with Gasteiger partial charge >= 0.3 is 0 Å². The summed E-state index contributed by atoms with van der Waals surface area (Å²) in [5.74, 6) is -1.16. The molecule has 0 unspecified atom stereocenters. The highest BCUT2D eigenvalue weighted by molar-refractivity contribution is 14.1. The minimum atomic E-state index is -0.709. The lowest BCUT2D eigenvalue weighted by molar-refractivity contribution is 0.579. The molecule has 0 saturated heterocycles. The zero-order valence-corrected chi connectivity index (χ0v) is 13.7. The first kappa shape index (κ1) is 14.6. The van der Waals surface area contributed by atoms with E-state index in [1.807, 2.05) is 12.1 Å². The Morgan fingerprint density at radius 3 is 2.57 bits per heavy atom. The number of aryl methyl sites for hydroxylation is 1. The molecular formula is C15H8ClF2IN2. The molecule has 0 spiro atoms. The van der Waals surface area contributed by atoms with E-state index in [2.05, 4.69) is 32.6 Å². The molecule has 3 aromatic rings. The molecule has 0 aliphatic carbocycles. The van der Waals surface area contributed by atoms with Crippen molar-refractivity contribution in [2.75, 3.05) is 0 Å². The lowest BCUT2D eigenvalue weighted by Gasteiger charge is -2.07. The van der Waals surface area contributed by atoms with Gasteiger partial charge in [-0.25, -0.2) is 18.7 Å². The zero-order valence-electron chi connectivity index (χ0n) is 10.8. The molecule has 0 aliphatic heterocycles. The van der Waals surface area contributed by atoms with Gasteiger partial charge in [-0.05, 0) is 59.3 Å². The quantitative estimate of drug-likeness (QED) is 0.405. The van der Waals surface area contributed by atoms with Gasteiger partial charge in [0.05, 0.1) is 11.1 Å². The van der Waals surface area contributed by atoms with Crippen LogP contribution in [0.25, 0.3) is 22.3 Å². The molecule has 0 bridgehead atoms. The van der Waals surface area contributed by atoms with Crippen LogP contribution >= 0.6 is 34.2 Å². The summed E-state index contributed by atoms with van der Waals surface area (Å²) in [5, 5.41) is 0.946. The van der Waals surface area contributed by atoms with Crippen LogP contribution in [-0.4, -0.2) is 9.97 Å². The van der Waals surface area contributed by atoms with Crippen LogP contribution in [0.2, 0.25) is 5.15 Å². The van der Waals surface area contributed by atoms with Crippen molar-refractivity contribution in [2.24, 2.45) is 0 Å². The molecule has 21 heavy (non-hydrogen) atoms. The Labute approximate surface area is 138 Å². The topological polar surface area (TPSA) is 25.8 Å². The standard InChI is InChI=1S/C15H8ClF2IN2/c1-7-4-9(12(18)6-11(7)17)15-20-13-3-2-8(19)5-10(13)14(16)21-15/h2-6H,1H3. The minimum absolute atomic E-state index is 0.135. The smallest absolute Gasteiger partial charge is 0.164 e. The molecule has 0 amide bonds. The highest BCUT2D eigenvalue weighted by Crippen LogP contribution is 2.28. The minimum Gasteiger partial charge on any atom is -0.228 e. The molecule has 0 fully saturated rings. The van der Waals surface area contributed by atoms with Crippen LogP contribution in [0.3, 0.4) is 0 Å². The monoisotopic (exact) mass is 416 g/mol. The number of hydrogen-bond acceptors (Lipinski definition) is 2. The van der Waals surface area contributed by atoms with Crippen LogP contribution in [0.1, 0.15) is 5.56 Å². The summed E-state index contributed by atoms with van der Waals surface area (Å²) < 4.78 is 28.3. The Morgan fingerprint density at radius 1 is 1.05 bits per heavy atom. The lowest BCUT2D eigenvalue weighted by Crippen LogP contribution is -1.97. The fourth-order valence-electron chi connectivity index (χ4n) is 2.01. The van der Waals surface area contributed by atoms with Gasteiger partial charge in [0.25, 0.3) is 0 Å². The average Bonchev–Trinajstić information content (AvgIpc) is 2.43. The molecule has 2 aromatic carbocycles. The molecule has 0 N–H and O–H groups in total. The number of nitrogens with zero attached hydrogens (tertiary/aromatic N) is 2. The zero-order chi connectivity index (χ0) is 15.1. The number of benzene rings is 2. The van der Waals surface area contributed by atoms with E-state index in [1.54, 1.807) is 13.0 Å². The maximum atomic E-state index is 13.9. The number of hydrogen-bond donors (Lipinski definition) is 0. The van der Waals surface area contributed by atoms with Crippen LogP contribution in [0.4, 0.5) is 8.78 Å². The van der Waals surface area contributed by atoms with Gasteiger partial charge in [0.15, 0.2) is 5.82 Å². The Morgan fingerprint density at radius 2 is 1.81 bits per heavy atom. The first-order valence-corrected chi connectivity index (χ1v) is 7.50. The van der Waals surface area contributed by atoms with Crippen molar-refractivity contribution in [3.8, 4) is 11.4 Å². The van der Waals surface area contributed by atoms with E-state index in [0.717, 1.165) is 9.64 Å². The molecule has 1 heterocycles. The van der Waals surface area contributed by atoms with Crippen LogP contribution in [0.5, 0.6) is 0 Å². The molecule has 1 aromatic heterocycles. The maximum Gasteiger partial charge on any atom is 0.164 e. The predicted octanol–water partition coefficient (Wildman–Crippen LogP) is 5.14. The average molecular weight is 417 g/mol. The van der Waals surface area contributed by atoms with Gasteiger partial charge in [0.1, 0.15) is 16.8 Å². The second kappa shape index (κ2) is 5.46. The highest BCUT2D eigenvalue weighted by atomic mass is 127. The SMILES string of the molecule is Cc1cc(-c2nc(Cl)c3cc(I)ccc3n2)c(F)cc1F.